The number of benzene rings is 2. The third kappa shape index (κ3) is 4.54. The molecule has 0 saturated carbocycles. The summed E-state index contributed by atoms with van der Waals surface area (Å²) in [6, 6.07) is 12.8. The Kier molecular flexibility index (Phi) is 6.30. The van der Waals surface area contributed by atoms with Crippen molar-refractivity contribution in [3.63, 3.8) is 0 Å². The molecular weight excluding hydrogens is 303 g/mol. The monoisotopic (exact) mass is 326 g/mol. The summed E-state index contributed by atoms with van der Waals surface area (Å²) in [5, 5.41) is 9.42. The molecule has 0 fully saturated rings. The summed E-state index contributed by atoms with van der Waals surface area (Å²) in [7, 11) is 0. The van der Waals surface area contributed by atoms with Crippen LogP contribution in [0, 0.1) is 0 Å². The highest BCUT2D eigenvalue weighted by molar-refractivity contribution is 5.96. The molecule has 0 aliphatic carbocycles. The Balaban J connectivity index is 2.38. The number of allylic oxidation sites excluding steroid dienone is 1. The summed E-state index contributed by atoms with van der Waals surface area (Å²) in [4.78, 5) is 11.5. The van der Waals surface area contributed by atoms with Gasteiger partial charge in [-0.2, -0.15) is 0 Å². The highest BCUT2D eigenvalue weighted by atomic mass is 19.1. The van der Waals surface area contributed by atoms with E-state index in [0.29, 0.717) is 12.0 Å². The van der Waals surface area contributed by atoms with E-state index in [9.17, 15) is 14.3 Å². The van der Waals surface area contributed by atoms with Crippen molar-refractivity contribution in [2.24, 2.45) is 0 Å². The van der Waals surface area contributed by atoms with Gasteiger partial charge in [0.1, 0.15) is 5.83 Å². The molecule has 0 unspecified atom stereocenters. The molecule has 0 aromatic heterocycles. The van der Waals surface area contributed by atoms with Crippen LogP contribution in [0.25, 0.3) is 17.2 Å². The Morgan fingerprint density at radius 3 is 2.38 bits per heavy atom. The van der Waals surface area contributed by atoms with Gasteiger partial charge in [-0.1, -0.05) is 56.7 Å². The Morgan fingerprint density at radius 1 is 1.08 bits per heavy atom. The Morgan fingerprint density at radius 2 is 1.79 bits per heavy atom. The van der Waals surface area contributed by atoms with Crippen LogP contribution in [0.3, 0.4) is 0 Å². The van der Waals surface area contributed by atoms with E-state index in [4.69, 9.17) is 0 Å². The molecule has 126 valence electrons. The molecule has 2 nitrogen and oxygen atoms in total. The average Bonchev–Trinajstić information content (AvgIpc) is 2.56. The maximum absolute atomic E-state index is 13.6. The zero-order chi connectivity index (χ0) is 17.5. The van der Waals surface area contributed by atoms with E-state index in [1.54, 1.807) is 6.07 Å². The summed E-state index contributed by atoms with van der Waals surface area (Å²) < 4.78 is 13.6. The van der Waals surface area contributed by atoms with Crippen molar-refractivity contribution in [1.82, 2.24) is 0 Å². The van der Waals surface area contributed by atoms with Crippen molar-refractivity contribution < 1.29 is 14.3 Å². The minimum absolute atomic E-state index is 0.138. The molecule has 0 heterocycles. The molecule has 0 aliphatic rings. The maximum Gasteiger partial charge on any atom is 0.336 e. The van der Waals surface area contributed by atoms with Crippen LogP contribution in [0.15, 0.2) is 48.3 Å². The van der Waals surface area contributed by atoms with Gasteiger partial charge in [0.15, 0.2) is 0 Å². The number of hydrogen-bond acceptors (Lipinski definition) is 1. The molecular formula is C21H23FO2. The second-order valence-electron chi connectivity index (χ2n) is 5.90. The van der Waals surface area contributed by atoms with Gasteiger partial charge in [-0.05, 0) is 53.7 Å². The Hall–Kier alpha value is -2.42. The summed E-state index contributed by atoms with van der Waals surface area (Å²) in [5.74, 6) is -1.08. The number of halogens is 1. The summed E-state index contributed by atoms with van der Waals surface area (Å²) >= 11 is 0. The number of carboxylic acid groups (broad SMARTS) is 1. The van der Waals surface area contributed by atoms with Crippen molar-refractivity contribution in [3.05, 3.63) is 65.0 Å². The molecule has 2 rings (SSSR count). The van der Waals surface area contributed by atoms with Crippen LogP contribution in [0.5, 0.6) is 0 Å². The molecule has 0 radical (unpaired) electrons. The molecule has 2 aromatic rings. The highest BCUT2D eigenvalue weighted by Crippen LogP contribution is 2.27. The number of aryl methyl sites for hydroxylation is 1. The van der Waals surface area contributed by atoms with Gasteiger partial charge in [-0.15, -0.1) is 0 Å². The van der Waals surface area contributed by atoms with Gasteiger partial charge in [0.05, 0.1) is 5.56 Å². The zero-order valence-electron chi connectivity index (χ0n) is 14.2. The molecule has 0 spiro atoms. The maximum atomic E-state index is 13.6. The highest BCUT2D eigenvalue weighted by Gasteiger charge is 2.12. The van der Waals surface area contributed by atoms with Crippen molar-refractivity contribution in [2.75, 3.05) is 0 Å². The van der Waals surface area contributed by atoms with E-state index in [1.165, 1.54) is 6.08 Å². The third-order valence-corrected chi connectivity index (χ3v) is 3.89. The first-order valence-electron chi connectivity index (χ1n) is 8.37. The zero-order valence-corrected chi connectivity index (χ0v) is 14.2. The molecule has 3 heteroatoms. The number of aromatic carboxylic acids is 1. The second-order valence-corrected chi connectivity index (χ2v) is 5.90. The molecule has 0 bridgehead atoms. The van der Waals surface area contributed by atoms with Crippen LogP contribution in [0.4, 0.5) is 4.39 Å². The van der Waals surface area contributed by atoms with E-state index in [1.807, 2.05) is 43.3 Å². The predicted molar refractivity (Wildman–Crippen MR) is 96.8 cm³/mol. The average molecular weight is 326 g/mol. The van der Waals surface area contributed by atoms with E-state index in [2.05, 4.69) is 6.92 Å². The van der Waals surface area contributed by atoms with E-state index in [-0.39, 0.29) is 11.4 Å². The molecule has 24 heavy (non-hydrogen) atoms. The van der Waals surface area contributed by atoms with E-state index < -0.39 is 5.97 Å². The van der Waals surface area contributed by atoms with Gasteiger partial charge < -0.3 is 5.11 Å². The molecule has 0 amide bonds. The molecule has 2 aromatic carbocycles. The van der Waals surface area contributed by atoms with E-state index in [0.717, 1.165) is 36.0 Å². The number of carbonyl (C=O) groups is 1. The second kappa shape index (κ2) is 8.44. The smallest absolute Gasteiger partial charge is 0.336 e. The Bertz CT molecular complexity index is 730. The largest absolute Gasteiger partial charge is 0.478 e. The van der Waals surface area contributed by atoms with Crippen LogP contribution in [-0.2, 0) is 6.42 Å². The number of rotatable bonds is 7. The summed E-state index contributed by atoms with van der Waals surface area (Å²) in [5.41, 5.74) is 3.73. The molecule has 1 N–H and O–H groups in total. The summed E-state index contributed by atoms with van der Waals surface area (Å²) in [6.07, 6.45) is 4.65. The first-order valence-corrected chi connectivity index (χ1v) is 8.37. The fourth-order valence-corrected chi connectivity index (χ4v) is 2.71. The normalized spacial score (nSPS) is 11.5. The van der Waals surface area contributed by atoms with Crippen molar-refractivity contribution in [1.29, 1.82) is 0 Å². The lowest BCUT2D eigenvalue weighted by atomic mass is 9.95. The number of hydrogen-bond donors (Lipinski definition) is 1. The van der Waals surface area contributed by atoms with Crippen LogP contribution < -0.4 is 0 Å². The lowest BCUT2D eigenvalue weighted by molar-refractivity contribution is 0.0697. The summed E-state index contributed by atoms with van der Waals surface area (Å²) in [6.45, 7) is 4.03. The Labute approximate surface area is 142 Å². The molecule has 0 aliphatic heterocycles. The van der Waals surface area contributed by atoms with E-state index >= 15 is 0 Å². The lowest BCUT2D eigenvalue weighted by Crippen LogP contribution is -2.00. The van der Waals surface area contributed by atoms with Crippen molar-refractivity contribution in [2.45, 2.75) is 39.5 Å². The van der Waals surface area contributed by atoms with Gasteiger partial charge in [0.25, 0.3) is 0 Å². The van der Waals surface area contributed by atoms with Crippen LogP contribution in [0.2, 0.25) is 0 Å². The minimum atomic E-state index is -0.939. The fraction of sp³-hybridized carbons (Fsp3) is 0.286. The number of carboxylic acids is 1. The topological polar surface area (TPSA) is 37.3 Å². The van der Waals surface area contributed by atoms with Crippen molar-refractivity contribution in [3.8, 4) is 11.1 Å². The van der Waals surface area contributed by atoms with Crippen LogP contribution in [-0.4, -0.2) is 11.1 Å². The third-order valence-electron chi connectivity index (χ3n) is 3.89. The minimum Gasteiger partial charge on any atom is -0.478 e. The standard InChI is InChI=1S/C21H23FO2/c1-3-5-15-9-12-19(21(23)24)20(14-15)17-10-7-16(8-11-17)13-18(22)6-4-2/h7-14H,3-6H2,1-2H3,(H,23,24). The fourth-order valence-electron chi connectivity index (χ4n) is 2.71. The van der Waals surface area contributed by atoms with Crippen molar-refractivity contribution >= 4 is 12.0 Å². The quantitative estimate of drug-likeness (QED) is 0.666. The lowest BCUT2D eigenvalue weighted by Gasteiger charge is -2.10. The molecule has 0 saturated heterocycles. The van der Waals surface area contributed by atoms with Gasteiger partial charge in [0, 0.05) is 0 Å². The van der Waals surface area contributed by atoms with Gasteiger partial charge in [-0.25, -0.2) is 9.18 Å². The first kappa shape index (κ1) is 17.9. The van der Waals surface area contributed by atoms with Gasteiger partial charge >= 0.3 is 5.97 Å². The predicted octanol–water partition coefficient (Wildman–Crippen LogP) is 6.11. The first-order chi connectivity index (χ1) is 11.5. The molecule has 0 atom stereocenters. The van der Waals surface area contributed by atoms with Gasteiger partial charge in [0.2, 0.25) is 0 Å². The van der Waals surface area contributed by atoms with Gasteiger partial charge in [-0.3, -0.25) is 0 Å². The van der Waals surface area contributed by atoms with Crippen LogP contribution in [0.1, 0.15) is 54.6 Å². The van der Waals surface area contributed by atoms with Crippen LogP contribution >= 0.6 is 0 Å². The SMILES string of the molecule is CCCC(F)=Cc1ccc(-c2cc(CCC)ccc2C(=O)O)cc1.